The summed E-state index contributed by atoms with van der Waals surface area (Å²) >= 11 is 6.13. The SMILES string of the molecule is ClC1CCCC(CNc2ncccn2)C1. The summed E-state index contributed by atoms with van der Waals surface area (Å²) in [5.41, 5.74) is 0. The Labute approximate surface area is 95.3 Å². The molecule has 0 bridgehead atoms. The van der Waals surface area contributed by atoms with Crippen molar-refractivity contribution in [1.82, 2.24) is 9.97 Å². The molecule has 1 fully saturated rings. The van der Waals surface area contributed by atoms with Gasteiger partial charge in [0.1, 0.15) is 0 Å². The van der Waals surface area contributed by atoms with E-state index in [-0.39, 0.29) is 0 Å². The lowest BCUT2D eigenvalue weighted by atomic mass is 9.89. The predicted molar refractivity (Wildman–Crippen MR) is 62.1 cm³/mol. The number of rotatable bonds is 3. The molecule has 0 saturated heterocycles. The smallest absolute Gasteiger partial charge is 0.222 e. The van der Waals surface area contributed by atoms with Gasteiger partial charge < -0.3 is 5.32 Å². The van der Waals surface area contributed by atoms with Crippen molar-refractivity contribution in [3.8, 4) is 0 Å². The van der Waals surface area contributed by atoms with Crippen LogP contribution in [-0.4, -0.2) is 21.9 Å². The molecule has 1 aromatic heterocycles. The van der Waals surface area contributed by atoms with Crippen LogP contribution < -0.4 is 5.32 Å². The van der Waals surface area contributed by atoms with Gasteiger partial charge in [0, 0.05) is 24.3 Å². The lowest BCUT2D eigenvalue weighted by Gasteiger charge is -2.25. The van der Waals surface area contributed by atoms with Crippen molar-refractivity contribution in [2.24, 2.45) is 5.92 Å². The summed E-state index contributed by atoms with van der Waals surface area (Å²) in [6.07, 6.45) is 8.29. The van der Waals surface area contributed by atoms with Crippen molar-refractivity contribution >= 4 is 17.5 Å². The number of aromatic nitrogens is 2. The number of anilines is 1. The largest absolute Gasteiger partial charge is 0.354 e. The molecule has 0 aromatic carbocycles. The molecule has 1 N–H and O–H groups in total. The highest BCUT2D eigenvalue weighted by Crippen LogP contribution is 2.27. The highest BCUT2D eigenvalue weighted by Gasteiger charge is 2.19. The molecule has 2 unspecified atom stereocenters. The first-order valence-corrected chi connectivity index (χ1v) is 5.93. The van der Waals surface area contributed by atoms with E-state index in [1.807, 2.05) is 6.07 Å². The third kappa shape index (κ3) is 3.34. The maximum Gasteiger partial charge on any atom is 0.222 e. The van der Waals surface area contributed by atoms with Crippen molar-refractivity contribution in [3.63, 3.8) is 0 Å². The first-order chi connectivity index (χ1) is 7.34. The van der Waals surface area contributed by atoms with E-state index in [1.54, 1.807) is 12.4 Å². The maximum absolute atomic E-state index is 6.13. The summed E-state index contributed by atoms with van der Waals surface area (Å²) in [5, 5.41) is 3.62. The summed E-state index contributed by atoms with van der Waals surface area (Å²) in [7, 11) is 0. The normalized spacial score (nSPS) is 26.2. The van der Waals surface area contributed by atoms with Crippen LogP contribution in [0.3, 0.4) is 0 Å². The van der Waals surface area contributed by atoms with Gasteiger partial charge in [0.2, 0.25) is 5.95 Å². The first kappa shape index (κ1) is 10.7. The van der Waals surface area contributed by atoms with Crippen LogP contribution in [0.1, 0.15) is 25.7 Å². The predicted octanol–water partition coefficient (Wildman–Crippen LogP) is 2.69. The minimum absolute atomic E-state index is 0.363. The molecule has 0 spiro atoms. The van der Waals surface area contributed by atoms with E-state index >= 15 is 0 Å². The van der Waals surface area contributed by atoms with Crippen LogP contribution in [0.2, 0.25) is 0 Å². The molecule has 3 nitrogen and oxygen atoms in total. The molecule has 2 atom stereocenters. The standard InChI is InChI=1S/C11H16ClN3/c12-10-4-1-3-9(7-10)8-15-11-13-5-2-6-14-11/h2,5-6,9-10H,1,3-4,7-8H2,(H,13,14,15). The Balaban J connectivity index is 1.78. The average molecular weight is 226 g/mol. The highest BCUT2D eigenvalue weighted by molar-refractivity contribution is 6.20. The van der Waals surface area contributed by atoms with E-state index in [0.717, 1.165) is 13.0 Å². The van der Waals surface area contributed by atoms with E-state index in [0.29, 0.717) is 17.2 Å². The zero-order chi connectivity index (χ0) is 10.5. The number of alkyl halides is 1. The quantitative estimate of drug-likeness (QED) is 0.804. The summed E-state index contributed by atoms with van der Waals surface area (Å²) in [5.74, 6) is 1.39. The lowest BCUT2D eigenvalue weighted by molar-refractivity contribution is 0.378. The molecule has 1 aliphatic rings. The van der Waals surface area contributed by atoms with Gasteiger partial charge in [-0.05, 0) is 31.2 Å². The molecule has 1 aromatic rings. The maximum atomic E-state index is 6.13. The Morgan fingerprint density at radius 3 is 2.87 bits per heavy atom. The molecule has 2 rings (SSSR count). The van der Waals surface area contributed by atoms with Gasteiger partial charge in [0.05, 0.1) is 0 Å². The second-order valence-electron chi connectivity index (χ2n) is 4.08. The third-order valence-electron chi connectivity index (χ3n) is 2.83. The zero-order valence-electron chi connectivity index (χ0n) is 8.69. The molecule has 1 aliphatic carbocycles. The summed E-state index contributed by atoms with van der Waals surface area (Å²) in [6.45, 7) is 0.938. The van der Waals surface area contributed by atoms with Gasteiger partial charge in [-0.3, -0.25) is 0 Å². The van der Waals surface area contributed by atoms with Crippen LogP contribution >= 0.6 is 11.6 Å². The number of hydrogen-bond acceptors (Lipinski definition) is 3. The van der Waals surface area contributed by atoms with Crippen molar-refractivity contribution in [2.75, 3.05) is 11.9 Å². The van der Waals surface area contributed by atoms with Crippen LogP contribution in [0.5, 0.6) is 0 Å². The number of hydrogen-bond donors (Lipinski definition) is 1. The Morgan fingerprint density at radius 2 is 2.13 bits per heavy atom. The molecule has 82 valence electrons. The first-order valence-electron chi connectivity index (χ1n) is 5.49. The van der Waals surface area contributed by atoms with Gasteiger partial charge in [-0.25, -0.2) is 9.97 Å². The number of nitrogens with zero attached hydrogens (tertiary/aromatic N) is 2. The molecule has 0 amide bonds. The van der Waals surface area contributed by atoms with Gasteiger partial charge in [-0.1, -0.05) is 6.42 Å². The van der Waals surface area contributed by atoms with Crippen LogP contribution in [0, 0.1) is 5.92 Å². The average Bonchev–Trinajstić information content (AvgIpc) is 2.28. The molecule has 1 heterocycles. The zero-order valence-corrected chi connectivity index (χ0v) is 9.45. The summed E-state index contributed by atoms with van der Waals surface area (Å²) < 4.78 is 0. The van der Waals surface area contributed by atoms with E-state index in [4.69, 9.17) is 11.6 Å². The fourth-order valence-corrected chi connectivity index (χ4v) is 2.44. The van der Waals surface area contributed by atoms with Crippen molar-refractivity contribution in [3.05, 3.63) is 18.5 Å². The molecular formula is C11H16ClN3. The van der Waals surface area contributed by atoms with Crippen molar-refractivity contribution < 1.29 is 0 Å². The van der Waals surface area contributed by atoms with Gasteiger partial charge in [0.15, 0.2) is 0 Å². The van der Waals surface area contributed by atoms with E-state index in [2.05, 4.69) is 15.3 Å². The van der Waals surface area contributed by atoms with Crippen LogP contribution in [0.25, 0.3) is 0 Å². The van der Waals surface area contributed by atoms with Crippen molar-refractivity contribution in [2.45, 2.75) is 31.1 Å². The second-order valence-corrected chi connectivity index (χ2v) is 4.70. The van der Waals surface area contributed by atoms with Gasteiger partial charge in [-0.15, -0.1) is 11.6 Å². The Hall–Kier alpha value is -0.830. The van der Waals surface area contributed by atoms with E-state index in [9.17, 15) is 0 Å². The van der Waals surface area contributed by atoms with E-state index < -0.39 is 0 Å². The van der Waals surface area contributed by atoms with Gasteiger partial charge >= 0.3 is 0 Å². The van der Waals surface area contributed by atoms with Crippen LogP contribution in [0.4, 0.5) is 5.95 Å². The van der Waals surface area contributed by atoms with Gasteiger partial charge in [-0.2, -0.15) is 0 Å². The topological polar surface area (TPSA) is 37.8 Å². The van der Waals surface area contributed by atoms with Gasteiger partial charge in [0.25, 0.3) is 0 Å². The third-order valence-corrected chi connectivity index (χ3v) is 3.23. The monoisotopic (exact) mass is 225 g/mol. The lowest BCUT2D eigenvalue weighted by Crippen LogP contribution is -2.23. The molecule has 0 radical (unpaired) electrons. The highest BCUT2D eigenvalue weighted by atomic mass is 35.5. The molecular weight excluding hydrogens is 210 g/mol. The van der Waals surface area contributed by atoms with E-state index in [1.165, 1.54) is 19.3 Å². The van der Waals surface area contributed by atoms with Crippen molar-refractivity contribution in [1.29, 1.82) is 0 Å². The fourth-order valence-electron chi connectivity index (χ4n) is 2.04. The Bertz CT molecular complexity index is 291. The number of halogens is 1. The van der Waals surface area contributed by atoms with Crippen LogP contribution in [0.15, 0.2) is 18.5 Å². The Kier molecular flexibility index (Phi) is 3.78. The summed E-state index contributed by atoms with van der Waals surface area (Å²) in [4.78, 5) is 8.25. The minimum Gasteiger partial charge on any atom is -0.354 e. The Morgan fingerprint density at radius 1 is 1.33 bits per heavy atom. The van der Waals surface area contributed by atoms with Crippen LogP contribution in [-0.2, 0) is 0 Å². The number of nitrogens with one attached hydrogen (secondary N) is 1. The molecule has 15 heavy (non-hydrogen) atoms. The molecule has 4 heteroatoms. The fraction of sp³-hybridized carbons (Fsp3) is 0.636. The molecule has 0 aliphatic heterocycles. The molecule has 1 saturated carbocycles. The summed E-state index contributed by atoms with van der Waals surface area (Å²) in [6, 6.07) is 1.82. The second kappa shape index (κ2) is 5.31. The minimum atomic E-state index is 0.363.